The molecule has 1 heterocycles. The summed E-state index contributed by atoms with van der Waals surface area (Å²) < 4.78 is 15.8. The van der Waals surface area contributed by atoms with Crippen LogP contribution in [0.1, 0.15) is 19.4 Å². The number of ether oxygens (including phenoxy) is 3. The van der Waals surface area contributed by atoms with E-state index in [2.05, 4.69) is 0 Å². The monoisotopic (exact) mass is 381 g/mol. The van der Waals surface area contributed by atoms with Crippen molar-refractivity contribution in [3.05, 3.63) is 28.7 Å². The maximum absolute atomic E-state index is 12.7. The van der Waals surface area contributed by atoms with E-state index in [1.807, 2.05) is 0 Å². The highest BCUT2D eigenvalue weighted by Gasteiger charge is 2.38. The van der Waals surface area contributed by atoms with Gasteiger partial charge in [0.05, 0.1) is 25.7 Å². The van der Waals surface area contributed by atoms with Crippen molar-refractivity contribution in [1.82, 2.24) is 4.90 Å². The third kappa shape index (κ3) is 4.13. The summed E-state index contributed by atoms with van der Waals surface area (Å²) in [6.45, 7) is 3.56. The molecular weight excluding hydrogens is 362 g/mol. The molecule has 1 unspecified atom stereocenters. The molecule has 1 aromatic rings. The molecule has 134 valence electrons. The number of benzene rings is 1. The molecular formula is C17H19NO5S2. The molecule has 0 N–H and O–H groups in total. The minimum absolute atomic E-state index is 0.247. The lowest BCUT2D eigenvalue weighted by Crippen LogP contribution is -2.42. The van der Waals surface area contributed by atoms with Crippen molar-refractivity contribution in [3.8, 4) is 11.5 Å². The molecule has 1 fully saturated rings. The second-order valence-corrected chi connectivity index (χ2v) is 6.76. The number of amides is 1. The standard InChI is InChI=1S/C17H19NO5S2/c1-5-23-16(20)10(2)18-15(19)14(25-17(18)24)8-11-6-7-12(21-3)9-13(11)22-4/h6-10H,5H2,1-4H3. The lowest BCUT2D eigenvalue weighted by atomic mass is 10.1. The van der Waals surface area contributed by atoms with Gasteiger partial charge in [-0.05, 0) is 32.1 Å². The third-order valence-electron chi connectivity index (χ3n) is 3.57. The van der Waals surface area contributed by atoms with Gasteiger partial charge in [0.1, 0.15) is 21.9 Å². The van der Waals surface area contributed by atoms with E-state index < -0.39 is 12.0 Å². The average molecular weight is 381 g/mol. The fraction of sp³-hybridized carbons (Fsp3) is 0.353. The van der Waals surface area contributed by atoms with Crippen LogP contribution in [0.15, 0.2) is 23.1 Å². The van der Waals surface area contributed by atoms with Gasteiger partial charge in [-0.2, -0.15) is 0 Å². The van der Waals surface area contributed by atoms with E-state index in [4.69, 9.17) is 26.4 Å². The molecule has 1 aliphatic heterocycles. The Kier molecular flexibility index (Phi) is 6.44. The summed E-state index contributed by atoms with van der Waals surface area (Å²) in [5.41, 5.74) is 0.715. The summed E-state index contributed by atoms with van der Waals surface area (Å²) in [5.74, 6) is 0.413. The molecule has 8 heteroatoms. The maximum atomic E-state index is 12.7. The molecule has 0 saturated carbocycles. The number of carbonyl (C=O) groups excluding carboxylic acids is 2. The Morgan fingerprint density at radius 1 is 1.36 bits per heavy atom. The van der Waals surface area contributed by atoms with Crippen LogP contribution in [0.4, 0.5) is 0 Å². The van der Waals surface area contributed by atoms with Gasteiger partial charge in [0, 0.05) is 11.6 Å². The fourth-order valence-corrected chi connectivity index (χ4v) is 3.67. The minimum Gasteiger partial charge on any atom is -0.497 e. The molecule has 0 bridgehead atoms. The Hall–Kier alpha value is -2.06. The first-order valence-electron chi connectivity index (χ1n) is 7.58. The van der Waals surface area contributed by atoms with Crippen LogP contribution in [0.25, 0.3) is 6.08 Å². The zero-order valence-corrected chi connectivity index (χ0v) is 16.0. The normalized spacial score (nSPS) is 17.0. The maximum Gasteiger partial charge on any atom is 0.329 e. The number of thioether (sulfide) groups is 1. The number of hydrogen-bond acceptors (Lipinski definition) is 7. The van der Waals surface area contributed by atoms with E-state index in [-0.39, 0.29) is 12.5 Å². The Morgan fingerprint density at radius 3 is 2.68 bits per heavy atom. The van der Waals surface area contributed by atoms with Crippen LogP contribution < -0.4 is 9.47 Å². The molecule has 1 amide bonds. The molecule has 0 aliphatic carbocycles. The van der Waals surface area contributed by atoms with E-state index in [0.717, 1.165) is 11.8 Å². The van der Waals surface area contributed by atoms with Crippen molar-refractivity contribution in [1.29, 1.82) is 0 Å². The second-order valence-electron chi connectivity index (χ2n) is 5.09. The van der Waals surface area contributed by atoms with Crippen LogP contribution in [0.2, 0.25) is 0 Å². The third-order valence-corrected chi connectivity index (χ3v) is 4.90. The Labute approximate surface area is 156 Å². The molecule has 1 atom stereocenters. The molecule has 0 spiro atoms. The first-order chi connectivity index (χ1) is 11.9. The van der Waals surface area contributed by atoms with E-state index in [1.54, 1.807) is 52.3 Å². The zero-order valence-electron chi connectivity index (χ0n) is 14.4. The van der Waals surface area contributed by atoms with Gasteiger partial charge in [0.25, 0.3) is 5.91 Å². The molecule has 6 nitrogen and oxygen atoms in total. The van der Waals surface area contributed by atoms with Crippen LogP contribution in [0, 0.1) is 0 Å². The highest BCUT2D eigenvalue weighted by Crippen LogP contribution is 2.36. The van der Waals surface area contributed by atoms with Gasteiger partial charge in [-0.15, -0.1) is 0 Å². The van der Waals surface area contributed by atoms with Crippen molar-refractivity contribution in [2.24, 2.45) is 0 Å². The van der Waals surface area contributed by atoms with Gasteiger partial charge < -0.3 is 14.2 Å². The number of esters is 1. The van der Waals surface area contributed by atoms with Crippen molar-refractivity contribution < 1.29 is 23.8 Å². The Balaban J connectivity index is 2.30. The van der Waals surface area contributed by atoms with Crippen molar-refractivity contribution in [3.63, 3.8) is 0 Å². The summed E-state index contributed by atoms with van der Waals surface area (Å²) in [4.78, 5) is 26.3. The molecule has 1 aliphatic rings. The van der Waals surface area contributed by atoms with Crippen LogP contribution in [0.3, 0.4) is 0 Å². The van der Waals surface area contributed by atoms with Crippen LogP contribution in [0.5, 0.6) is 11.5 Å². The lowest BCUT2D eigenvalue weighted by molar-refractivity contribution is -0.149. The van der Waals surface area contributed by atoms with Gasteiger partial charge >= 0.3 is 5.97 Å². The first-order valence-corrected chi connectivity index (χ1v) is 8.81. The molecule has 0 radical (unpaired) electrons. The first kappa shape index (κ1) is 19.3. The molecule has 0 aromatic heterocycles. The van der Waals surface area contributed by atoms with E-state index in [1.165, 1.54) is 4.90 Å². The lowest BCUT2D eigenvalue weighted by Gasteiger charge is -2.21. The molecule has 25 heavy (non-hydrogen) atoms. The Bertz CT molecular complexity index is 732. The fourth-order valence-electron chi connectivity index (χ4n) is 2.26. The van der Waals surface area contributed by atoms with E-state index in [9.17, 15) is 9.59 Å². The van der Waals surface area contributed by atoms with Crippen molar-refractivity contribution in [2.45, 2.75) is 19.9 Å². The van der Waals surface area contributed by atoms with Crippen molar-refractivity contribution in [2.75, 3.05) is 20.8 Å². The highest BCUT2D eigenvalue weighted by molar-refractivity contribution is 8.26. The number of nitrogens with zero attached hydrogens (tertiary/aromatic N) is 1. The summed E-state index contributed by atoms with van der Waals surface area (Å²) in [5, 5.41) is 0. The van der Waals surface area contributed by atoms with Gasteiger partial charge in [-0.3, -0.25) is 9.69 Å². The number of rotatable bonds is 6. The predicted octanol–water partition coefficient (Wildman–Crippen LogP) is 2.86. The molecule has 1 aromatic carbocycles. The molecule has 1 saturated heterocycles. The summed E-state index contributed by atoms with van der Waals surface area (Å²) in [7, 11) is 3.11. The largest absolute Gasteiger partial charge is 0.497 e. The highest BCUT2D eigenvalue weighted by atomic mass is 32.2. The van der Waals surface area contributed by atoms with Crippen LogP contribution in [-0.4, -0.2) is 48.0 Å². The minimum atomic E-state index is -0.767. The van der Waals surface area contributed by atoms with E-state index in [0.29, 0.717) is 26.3 Å². The zero-order chi connectivity index (χ0) is 18.6. The van der Waals surface area contributed by atoms with E-state index >= 15 is 0 Å². The summed E-state index contributed by atoms with van der Waals surface area (Å²) in [6.07, 6.45) is 1.69. The predicted molar refractivity (Wildman–Crippen MR) is 101 cm³/mol. The SMILES string of the molecule is CCOC(=O)C(C)N1C(=O)C(=Cc2ccc(OC)cc2OC)SC1=S. The van der Waals surface area contributed by atoms with Gasteiger partial charge in [-0.1, -0.05) is 24.0 Å². The van der Waals surface area contributed by atoms with Crippen LogP contribution >= 0.6 is 24.0 Å². The van der Waals surface area contributed by atoms with Gasteiger partial charge in [0.15, 0.2) is 0 Å². The smallest absolute Gasteiger partial charge is 0.329 e. The summed E-state index contributed by atoms with van der Waals surface area (Å²) in [6, 6.07) is 4.53. The number of hydrogen-bond donors (Lipinski definition) is 0. The van der Waals surface area contributed by atoms with Gasteiger partial charge in [-0.25, -0.2) is 4.79 Å². The second kappa shape index (κ2) is 8.35. The number of thiocarbonyl (C=S) groups is 1. The Morgan fingerprint density at radius 2 is 2.08 bits per heavy atom. The summed E-state index contributed by atoms with van der Waals surface area (Å²) >= 11 is 6.40. The van der Waals surface area contributed by atoms with Crippen molar-refractivity contribution >= 4 is 46.3 Å². The topological polar surface area (TPSA) is 65.1 Å². The van der Waals surface area contributed by atoms with Gasteiger partial charge in [0.2, 0.25) is 0 Å². The average Bonchev–Trinajstić information content (AvgIpc) is 2.88. The quantitative estimate of drug-likeness (QED) is 0.426. The molecule has 2 rings (SSSR count). The number of methoxy groups -OCH3 is 2. The van der Waals surface area contributed by atoms with Crippen LogP contribution in [-0.2, 0) is 14.3 Å². The number of carbonyl (C=O) groups is 2.